The molecule has 1 aliphatic carbocycles. The van der Waals surface area contributed by atoms with Crippen molar-refractivity contribution in [1.82, 2.24) is 5.32 Å². The maximum absolute atomic E-state index is 11.9. The standard InChI is InChI=1S/C16H23NO2S/c1-12-6-8-13(9-7-12)10-20-11-16(19)17-14-4-2-3-5-15(14)18/h6-9,14-15,18H,2-5,10-11H2,1H3,(H,17,19)/t14-,15-/m1/s1. The zero-order chi connectivity index (χ0) is 14.4. The molecule has 2 atom stereocenters. The molecule has 20 heavy (non-hydrogen) atoms. The van der Waals surface area contributed by atoms with E-state index in [-0.39, 0.29) is 18.1 Å². The zero-order valence-electron chi connectivity index (χ0n) is 12.0. The van der Waals surface area contributed by atoms with Crippen LogP contribution in [0.25, 0.3) is 0 Å². The number of nitrogens with one attached hydrogen (secondary N) is 1. The lowest BCUT2D eigenvalue weighted by molar-refractivity contribution is -0.120. The van der Waals surface area contributed by atoms with Gasteiger partial charge in [-0.15, -0.1) is 11.8 Å². The second kappa shape index (κ2) is 7.70. The van der Waals surface area contributed by atoms with Crippen LogP contribution in [0.4, 0.5) is 0 Å². The molecular weight excluding hydrogens is 270 g/mol. The largest absolute Gasteiger partial charge is 0.391 e. The van der Waals surface area contributed by atoms with Gasteiger partial charge in [-0.3, -0.25) is 4.79 Å². The molecule has 1 amide bonds. The first kappa shape index (κ1) is 15.4. The van der Waals surface area contributed by atoms with Crippen molar-refractivity contribution < 1.29 is 9.90 Å². The first-order valence-electron chi connectivity index (χ1n) is 7.26. The van der Waals surface area contributed by atoms with E-state index in [1.54, 1.807) is 11.8 Å². The number of thioether (sulfide) groups is 1. The number of aliphatic hydroxyl groups excluding tert-OH is 1. The first-order chi connectivity index (χ1) is 9.65. The zero-order valence-corrected chi connectivity index (χ0v) is 12.8. The second-order valence-corrected chi connectivity index (χ2v) is 6.49. The molecule has 0 spiro atoms. The van der Waals surface area contributed by atoms with Crippen molar-refractivity contribution >= 4 is 17.7 Å². The summed E-state index contributed by atoms with van der Waals surface area (Å²) in [6.07, 6.45) is 3.50. The molecule has 0 bridgehead atoms. The summed E-state index contributed by atoms with van der Waals surface area (Å²) in [6, 6.07) is 8.34. The molecule has 0 unspecified atom stereocenters. The fourth-order valence-corrected chi connectivity index (χ4v) is 3.27. The van der Waals surface area contributed by atoms with Gasteiger partial charge in [0.15, 0.2) is 0 Å². The van der Waals surface area contributed by atoms with Crippen LogP contribution in [0.2, 0.25) is 0 Å². The minimum Gasteiger partial charge on any atom is -0.391 e. The SMILES string of the molecule is Cc1ccc(CSCC(=O)N[C@@H]2CCCC[C@H]2O)cc1. The van der Waals surface area contributed by atoms with Crippen LogP contribution in [0.15, 0.2) is 24.3 Å². The summed E-state index contributed by atoms with van der Waals surface area (Å²) in [5, 5.41) is 12.8. The molecule has 1 fully saturated rings. The van der Waals surface area contributed by atoms with Crippen LogP contribution in [0.1, 0.15) is 36.8 Å². The highest BCUT2D eigenvalue weighted by atomic mass is 32.2. The van der Waals surface area contributed by atoms with Crippen LogP contribution in [-0.2, 0) is 10.5 Å². The number of aryl methyl sites for hydroxylation is 1. The molecule has 2 N–H and O–H groups in total. The summed E-state index contributed by atoms with van der Waals surface area (Å²) < 4.78 is 0. The van der Waals surface area contributed by atoms with Gasteiger partial charge in [-0.05, 0) is 25.3 Å². The van der Waals surface area contributed by atoms with Gasteiger partial charge in [0, 0.05) is 5.75 Å². The van der Waals surface area contributed by atoms with Crippen molar-refractivity contribution in [2.24, 2.45) is 0 Å². The number of carbonyl (C=O) groups excluding carboxylic acids is 1. The van der Waals surface area contributed by atoms with Crippen molar-refractivity contribution in [3.8, 4) is 0 Å². The molecule has 0 heterocycles. The lowest BCUT2D eigenvalue weighted by Gasteiger charge is -2.28. The van der Waals surface area contributed by atoms with Gasteiger partial charge in [-0.25, -0.2) is 0 Å². The molecule has 3 nitrogen and oxygen atoms in total. The maximum Gasteiger partial charge on any atom is 0.230 e. The van der Waals surface area contributed by atoms with Gasteiger partial charge in [0.2, 0.25) is 5.91 Å². The van der Waals surface area contributed by atoms with Gasteiger partial charge in [0.25, 0.3) is 0 Å². The predicted octanol–water partition coefficient (Wildman–Crippen LogP) is 2.65. The smallest absolute Gasteiger partial charge is 0.230 e. The highest BCUT2D eigenvalue weighted by Crippen LogP contribution is 2.19. The maximum atomic E-state index is 11.9. The molecule has 0 aliphatic heterocycles. The number of hydrogen-bond donors (Lipinski definition) is 2. The summed E-state index contributed by atoms with van der Waals surface area (Å²) >= 11 is 1.62. The Bertz CT molecular complexity index is 433. The monoisotopic (exact) mass is 293 g/mol. The van der Waals surface area contributed by atoms with Gasteiger partial charge in [0.05, 0.1) is 17.9 Å². The highest BCUT2D eigenvalue weighted by molar-refractivity contribution is 7.99. The predicted molar refractivity (Wildman–Crippen MR) is 83.7 cm³/mol. The average molecular weight is 293 g/mol. The van der Waals surface area contributed by atoms with E-state index >= 15 is 0 Å². The number of benzene rings is 1. The first-order valence-corrected chi connectivity index (χ1v) is 8.41. The summed E-state index contributed by atoms with van der Waals surface area (Å²) in [5.41, 5.74) is 2.49. The molecule has 1 aliphatic rings. The van der Waals surface area contributed by atoms with Crippen molar-refractivity contribution in [3.63, 3.8) is 0 Å². The van der Waals surface area contributed by atoms with Crippen molar-refractivity contribution in [3.05, 3.63) is 35.4 Å². The fourth-order valence-electron chi connectivity index (χ4n) is 2.47. The van der Waals surface area contributed by atoms with Crippen LogP contribution < -0.4 is 5.32 Å². The van der Waals surface area contributed by atoms with E-state index in [0.29, 0.717) is 5.75 Å². The van der Waals surface area contributed by atoms with E-state index in [2.05, 4.69) is 36.5 Å². The summed E-state index contributed by atoms with van der Waals surface area (Å²) in [4.78, 5) is 11.9. The minimum absolute atomic E-state index is 0.0352. The van der Waals surface area contributed by atoms with Crippen LogP contribution in [0.3, 0.4) is 0 Å². The number of amides is 1. The summed E-state index contributed by atoms with van der Waals surface area (Å²) in [5.74, 6) is 1.34. The van der Waals surface area contributed by atoms with Crippen LogP contribution in [0.5, 0.6) is 0 Å². The highest BCUT2D eigenvalue weighted by Gasteiger charge is 2.24. The Labute approximate surface area is 125 Å². The average Bonchev–Trinajstić information content (AvgIpc) is 2.44. The van der Waals surface area contributed by atoms with E-state index in [9.17, 15) is 9.90 Å². The van der Waals surface area contributed by atoms with Gasteiger partial charge >= 0.3 is 0 Å². The summed E-state index contributed by atoms with van der Waals surface area (Å²) in [7, 11) is 0. The second-order valence-electron chi connectivity index (χ2n) is 5.50. The Balaban J connectivity index is 1.68. The van der Waals surface area contributed by atoms with Crippen LogP contribution in [-0.4, -0.2) is 28.9 Å². The third-order valence-electron chi connectivity index (χ3n) is 3.70. The third-order valence-corrected chi connectivity index (χ3v) is 4.70. The van der Waals surface area contributed by atoms with Crippen LogP contribution in [0, 0.1) is 6.92 Å². The molecule has 1 aromatic carbocycles. The molecule has 1 saturated carbocycles. The van der Waals surface area contributed by atoms with E-state index < -0.39 is 0 Å². The quantitative estimate of drug-likeness (QED) is 0.877. The topological polar surface area (TPSA) is 49.3 Å². The molecule has 110 valence electrons. The summed E-state index contributed by atoms with van der Waals surface area (Å²) in [6.45, 7) is 2.07. The fraction of sp³-hybridized carbons (Fsp3) is 0.562. The Morgan fingerprint density at radius 1 is 1.30 bits per heavy atom. The van der Waals surface area contributed by atoms with Gasteiger partial charge < -0.3 is 10.4 Å². The van der Waals surface area contributed by atoms with E-state index in [1.165, 1.54) is 11.1 Å². The molecule has 2 rings (SSSR count). The number of carbonyl (C=O) groups is 1. The normalized spacial score (nSPS) is 22.5. The lowest BCUT2D eigenvalue weighted by Crippen LogP contribution is -2.45. The Morgan fingerprint density at radius 2 is 2.00 bits per heavy atom. The minimum atomic E-state index is -0.366. The van der Waals surface area contributed by atoms with E-state index in [1.807, 2.05) is 0 Å². The van der Waals surface area contributed by atoms with Gasteiger partial charge in [0.1, 0.15) is 0 Å². The Hall–Kier alpha value is -1.00. The molecule has 1 aromatic rings. The molecule has 0 radical (unpaired) electrons. The molecule has 0 aromatic heterocycles. The molecule has 4 heteroatoms. The van der Waals surface area contributed by atoms with E-state index in [0.717, 1.165) is 31.4 Å². The number of rotatable bonds is 5. The Kier molecular flexibility index (Phi) is 5.92. The number of hydrogen-bond acceptors (Lipinski definition) is 3. The molecular formula is C16H23NO2S. The molecule has 0 saturated heterocycles. The van der Waals surface area contributed by atoms with E-state index in [4.69, 9.17) is 0 Å². The van der Waals surface area contributed by atoms with Crippen molar-refractivity contribution in [2.75, 3.05) is 5.75 Å². The van der Waals surface area contributed by atoms with Crippen molar-refractivity contribution in [2.45, 2.75) is 50.5 Å². The van der Waals surface area contributed by atoms with Gasteiger partial charge in [-0.1, -0.05) is 42.7 Å². The van der Waals surface area contributed by atoms with Gasteiger partial charge in [-0.2, -0.15) is 0 Å². The lowest BCUT2D eigenvalue weighted by atomic mass is 9.93. The van der Waals surface area contributed by atoms with Crippen molar-refractivity contribution in [1.29, 1.82) is 0 Å². The third kappa shape index (κ3) is 4.84. The Morgan fingerprint density at radius 3 is 2.70 bits per heavy atom. The number of aliphatic hydroxyl groups is 1. The van der Waals surface area contributed by atoms with Crippen LogP contribution >= 0.6 is 11.8 Å².